The first-order valence-electron chi connectivity index (χ1n) is 6.55. The molecule has 0 aliphatic rings. The van der Waals surface area contributed by atoms with Crippen molar-refractivity contribution in [2.45, 2.75) is 9.99 Å². The Morgan fingerprint density at radius 2 is 2.09 bits per heavy atom. The van der Waals surface area contributed by atoms with Crippen molar-refractivity contribution in [3.05, 3.63) is 60.4 Å². The summed E-state index contributed by atoms with van der Waals surface area (Å²) in [4.78, 5) is 16.9. The molecule has 0 unspecified atom stereocenters. The topological polar surface area (TPSA) is 118 Å². The Hall–Kier alpha value is -3.00. The van der Waals surface area contributed by atoms with E-state index in [1.54, 1.807) is 18.2 Å². The summed E-state index contributed by atoms with van der Waals surface area (Å²) in [5.41, 5.74) is 6.64. The third-order valence-corrected chi connectivity index (χ3v) is 3.91. The second-order valence-electron chi connectivity index (χ2n) is 4.51. The molecule has 0 radical (unpaired) electrons. The Bertz CT molecular complexity index is 838. The van der Waals surface area contributed by atoms with Gasteiger partial charge in [-0.05, 0) is 30.3 Å². The molecule has 116 valence electrons. The van der Waals surface area contributed by atoms with E-state index in [9.17, 15) is 9.90 Å². The third kappa shape index (κ3) is 3.43. The third-order valence-electron chi connectivity index (χ3n) is 2.90. The van der Waals surface area contributed by atoms with Crippen LogP contribution in [-0.2, 0) is 0 Å². The highest BCUT2D eigenvalue weighted by molar-refractivity contribution is 7.99. The van der Waals surface area contributed by atoms with Crippen LogP contribution in [0.3, 0.4) is 0 Å². The van der Waals surface area contributed by atoms with Gasteiger partial charge in [-0.1, -0.05) is 11.8 Å². The van der Waals surface area contributed by atoms with Crippen molar-refractivity contribution >= 4 is 29.0 Å². The van der Waals surface area contributed by atoms with Gasteiger partial charge in [0, 0.05) is 16.7 Å². The summed E-state index contributed by atoms with van der Waals surface area (Å²) in [7, 11) is 0. The molecule has 3 aromatic rings. The lowest BCUT2D eigenvalue weighted by Crippen LogP contribution is -1.97. The second kappa shape index (κ2) is 6.41. The normalized spacial score (nSPS) is 11.6. The van der Waals surface area contributed by atoms with Crippen LogP contribution in [0.25, 0.3) is 5.76 Å². The zero-order valence-electron chi connectivity index (χ0n) is 11.8. The molecule has 0 atom stereocenters. The highest BCUT2D eigenvalue weighted by Crippen LogP contribution is 2.32. The van der Waals surface area contributed by atoms with Gasteiger partial charge in [0.15, 0.2) is 16.6 Å². The monoisotopic (exact) mass is 328 g/mol. The number of hydrogen-bond donors (Lipinski definition) is 3. The summed E-state index contributed by atoms with van der Waals surface area (Å²) in [5.74, 6) is -0.672. The SMILES string of the molecule is Nc1ccc(Sc2occc2C(=O)C=C(O)c2nc[nH]n2)cc1. The number of benzene rings is 1. The molecule has 1 aromatic carbocycles. The number of carbonyl (C=O) groups excluding carboxylic acids is 1. The van der Waals surface area contributed by atoms with Gasteiger partial charge >= 0.3 is 0 Å². The van der Waals surface area contributed by atoms with E-state index >= 15 is 0 Å². The molecule has 0 bridgehead atoms. The lowest BCUT2D eigenvalue weighted by molar-refractivity contribution is 0.104. The molecule has 0 saturated heterocycles. The number of carbonyl (C=O) groups is 1. The number of nitrogens with zero attached hydrogens (tertiary/aromatic N) is 2. The number of ketones is 1. The highest BCUT2D eigenvalue weighted by Gasteiger charge is 2.16. The second-order valence-corrected chi connectivity index (χ2v) is 5.56. The summed E-state index contributed by atoms with van der Waals surface area (Å²) in [6, 6.07) is 8.74. The van der Waals surface area contributed by atoms with Crippen LogP contribution in [0, 0.1) is 0 Å². The number of nitrogens with one attached hydrogen (secondary N) is 1. The number of rotatable bonds is 5. The summed E-state index contributed by atoms with van der Waals surface area (Å²) in [6.45, 7) is 0. The van der Waals surface area contributed by atoms with Crippen molar-refractivity contribution in [1.29, 1.82) is 0 Å². The lowest BCUT2D eigenvalue weighted by atomic mass is 10.2. The molecular weight excluding hydrogens is 316 g/mol. The molecule has 23 heavy (non-hydrogen) atoms. The number of nitrogen functional groups attached to an aromatic ring is 1. The lowest BCUT2D eigenvalue weighted by Gasteiger charge is -2.01. The fourth-order valence-corrected chi connectivity index (χ4v) is 2.67. The Labute approximate surface area is 135 Å². The molecule has 7 nitrogen and oxygen atoms in total. The van der Waals surface area contributed by atoms with Gasteiger partial charge in [-0.3, -0.25) is 9.89 Å². The van der Waals surface area contributed by atoms with Gasteiger partial charge < -0.3 is 15.3 Å². The number of allylic oxidation sites excluding steroid dienone is 1. The van der Waals surface area contributed by atoms with Crippen molar-refractivity contribution in [1.82, 2.24) is 15.2 Å². The van der Waals surface area contributed by atoms with Crippen LogP contribution >= 0.6 is 11.8 Å². The summed E-state index contributed by atoms with van der Waals surface area (Å²) in [5, 5.41) is 16.4. The van der Waals surface area contributed by atoms with Crippen LogP contribution in [0.4, 0.5) is 5.69 Å². The number of furan rings is 1. The van der Waals surface area contributed by atoms with E-state index in [1.165, 1.54) is 24.4 Å². The van der Waals surface area contributed by atoms with Crippen molar-refractivity contribution in [3.63, 3.8) is 0 Å². The summed E-state index contributed by atoms with van der Waals surface area (Å²) < 4.78 is 5.35. The van der Waals surface area contributed by atoms with Crippen molar-refractivity contribution in [2.24, 2.45) is 0 Å². The molecule has 2 aromatic heterocycles. The van der Waals surface area contributed by atoms with Crippen LogP contribution in [0.15, 0.2) is 63.4 Å². The standard InChI is InChI=1S/C15H12N4O3S/c16-9-1-3-10(4-2-9)23-15-11(5-6-22-15)12(20)7-13(21)14-17-8-18-19-14/h1-8,21H,16H2,(H,17,18,19). The Balaban J connectivity index is 1.81. The maximum Gasteiger partial charge on any atom is 0.215 e. The first kappa shape index (κ1) is 14.9. The van der Waals surface area contributed by atoms with Gasteiger partial charge in [0.05, 0.1) is 11.8 Å². The summed E-state index contributed by atoms with van der Waals surface area (Å²) >= 11 is 1.29. The number of aromatic amines is 1. The smallest absolute Gasteiger partial charge is 0.215 e. The van der Waals surface area contributed by atoms with E-state index in [-0.39, 0.29) is 11.6 Å². The molecule has 3 rings (SSSR count). The number of aromatic nitrogens is 3. The van der Waals surface area contributed by atoms with Gasteiger partial charge in [0.1, 0.15) is 6.33 Å². The molecule has 8 heteroatoms. The van der Waals surface area contributed by atoms with E-state index < -0.39 is 5.78 Å². The minimum Gasteiger partial charge on any atom is -0.504 e. The Kier molecular flexibility index (Phi) is 4.15. The van der Waals surface area contributed by atoms with E-state index in [0.29, 0.717) is 16.3 Å². The quantitative estimate of drug-likeness (QED) is 0.285. The number of aliphatic hydroxyl groups excluding tert-OH is 1. The van der Waals surface area contributed by atoms with Crippen LogP contribution in [0.2, 0.25) is 0 Å². The minimum atomic E-state index is -0.404. The molecule has 0 aliphatic heterocycles. The number of nitrogens with two attached hydrogens (primary N) is 1. The first-order valence-corrected chi connectivity index (χ1v) is 7.37. The molecule has 0 amide bonds. The fourth-order valence-electron chi connectivity index (χ4n) is 1.80. The zero-order chi connectivity index (χ0) is 16.2. The minimum absolute atomic E-state index is 0.0505. The molecule has 0 spiro atoms. The van der Waals surface area contributed by atoms with Crippen LogP contribution in [0.1, 0.15) is 16.2 Å². The van der Waals surface area contributed by atoms with E-state index in [4.69, 9.17) is 10.2 Å². The Morgan fingerprint density at radius 1 is 1.30 bits per heavy atom. The van der Waals surface area contributed by atoms with Gasteiger partial charge in [-0.15, -0.1) is 0 Å². The fraction of sp³-hybridized carbons (Fsp3) is 0. The van der Waals surface area contributed by atoms with Gasteiger partial charge in [0.2, 0.25) is 5.82 Å². The van der Waals surface area contributed by atoms with E-state index in [1.807, 2.05) is 12.1 Å². The summed E-state index contributed by atoms with van der Waals surface area (Å²) in [6.07, 6.45) is 3.79. The van der Waals surface area contributed by atoms with Gasteiger partial charge in [0.25, 0.3) is 0 Å². The average molecular weight is 328 g/mol. The molecule has 4 N–H and O–H groups in total. The van der Waals surface area contributed by atoms with Crippen LogP contribution in [0.5, 0.6) is 0 Å². The Morgan fingerprint density at radius 3 is 2.78 bits per heavy atom. The number of anilines is 1. The number of hydrogen-bond acceptors (Lipinski definition) is 7. The maximum absolute atomic E-state index is 12.3. The van der Waals surface area contributed by atoms with Gasteiger partial charge in [-0.2, -0.15) is 5.10 Å². The van der Waals surface area contributed by atoms with Crippen molar-refractivity contribution in [2.75, 3.05) is 5.73 Å². The van der Waals surface area contributed by atoms with Gasteiger partial charge in [-0.25, -0.2) is 4.98 Å². The molecule has 2 heterocycles. The first-order chi connectivity index (χ1) is 11.1. The van der Waals surface area contributed by atoms with Crippen molar-refractivity contribution < 1.29 is 14.3 Å². The maximum atomic E-state index is 12.3. The highest BCUT2D eigenvalue weighted by atomic mass is 32.2. The molecular formula is C15H12N4O3S. The number of aliphatic hydroxyl groups is 1. The largest absolute Gasteiger partial charge is 0.504 e. The van der Waals surface area contributed by atoms with Crippen LogP contribution in [-0.4, -0.2) is 26.1 Å². The average Bonchev–Trinajstić information content (AvgIpc) is 3.20. The zero-order valence-corrected chi connectivity index (χ0v) is 12.6. The van der Waals surface area contributed by atoms with Crippen LogP contribution < -0.4 is 5.73 Å². The number of H-pyrrole nitrogens is 1. The van der Waals surface area contributed by atoms with Crippen molar-refractivity contribution in [3.8, 4) is 0 Å². The van der Waals surface area contributed by atoms with E-state index in [0.717, 1.165) is 11.0 Å². The molecule has 0 saturated carbocycles. The predicted molar refractivity (Wildman–Crippen MR) is 85.0 cm³/mol. The predicted octanol–water partition coefficient (Wildman–Crippen LogP) is 2.91. The molecule has 0 aliphatic carbocycles. The van der Waals surface area contributed by atoms with E-state index in [2.05, 4.69) is 15.2 Å². The molecule has 0 fully saturated rings.